The Morgan fingerprint density at radius 1 is 1.10 bits per heavy atom. The van der Waals surface area contributed by atoms with Crippen molar-refractivity contribution in [3.63, 3.8) is 0 Å². The average Bonchev–Trinajstić information content (AvgIpc) is 2.52. The van der Waals surface area contributed by atoms with E-state index in [1.54, 1.807) is 0 Å². The minimum atomic E-state index is -0.547. The van der Waals surface area contributed by atoms with E-state index in [1.807, 2.05) is 54.6 Å². The summed E-state index contributed by atoms with van der Waals surface area (Å²) in [4.78, 5) is 12.0. The molecule has 4 heteroatoms. The van der Waals surface area contributed by atoms with Crippen molar-refractivity contribution in [3.05, 3.63) is 70.2 Å². The van der Waals surface area contributed by atoms with Gasteiger partial charge in [0, 0.05) is 29.5 Å². The lowest BCUT2D eigenvalue weighted by Crippen LogP contribution is -2.24. The van der Waals surface area contributed by atoms with Gasteiger partial charge in [0.25, 0.3) is 0 Å². The third kappa shape index (κ3) is 5.08. The fourth-order valence-corrected chi connectivity index (χ4v) is 2.28. The highest BCUT2D eigenvalue weighted by Gasteiger charge is 2.08. The summed E-state index contributed by atoms with van der Waals surface area (Å²) < 4.78 is 0.961. The molecule has 0 aliphatic heterocycles. The largest absolute Gasteiger partial charge is 0.387 e. The van der Waals surface area contributed by atoms with Gasteiger partial charge in [-0.05, 0) is 17.7 Å². The molecule has 0 radical (unpaired) electrons. The minimum absolute atomic E-state index is 0.101. The maximum Gasteiger partial charge on any atom is 0.164 e. The zero-order chi connectivity index (χ0) is 15.1. The molecule has 21 heavy (non-hydrogen) atoms. The molecule has 0 saturated heterocycles. The second-order valence-electron chi connectivity index (χ2n) is 4.81. The Balaban J connectivity index is 1.72. The van der Waals surface area contributed by atoms with Crippen molar-refractivity contribution in [2.75, 3.05) is 13.1 Å². The fraction of sp³-hybridized carbons (Fsp3) is 0.235. The first-order valence-corrected chi connectivity index (χ1v) is 7.68. The summed E-state index contributed by atoms with van der Waals surface area (Å²) in [6.07, 6.45) is -0.127. The molecule has 1 unspecified atom stereocenters. The Hall–Kier alpha value is -1.49. The van der Waals surface area contributed by atoms with Crippen molar-refractivity contribution in [1.29, 1.82) is 0 Å². The highest BCUT2D eigenvalue weighted by molar-refractivity contribution is 9.10. The quantitative estimate of drug-likeness (QED) is 0.596. The molecule has 0 fully saturated rings. The smallest absolute Gasteiger partial charge is 0.164 e. The molecule has 1 atom stereocenters. The van der Waals surface area contributed by atoms with Crippen LogP contribution in [-0.2, 0) is 0 Å². The van der Waals surface area contributed by atoms with E-state index in [0.717, 1.165) is 10.0 Å². The number of rotatable bonds is 7. The number of carbonyl (C=O) groups is 1. The molecule has 2 rings (SSSR count). The number of halogens is 1. The number of hydrogen-bond acceptors (Lipinski definition) is 3. The van der Waals surface area contributed by atoms with Gasteiger partial charge in [-0.25, -0.2) is 0 Å². The number of Topliss-reactive ketones (excluding diaryl/α,β-unsaturated/α-hetero) is 1. The van der Waals surface area contributed by atoms with E-state index in [9.17, 15) is 9.90 Å². The normalized spacial score (nSPS) is 12.1. The van der Waals surface area contributed by atoms with E-state index in [1.165, 1.54) is 0 Å². The molecule has 2 aromatic carbocycles. The summed E-state index contributed by atoms with van der Waals surface area (Å²) in [5.41, 5.74) is 1.59. The lowest BCUT2D eigenvalue weighted by molar-refractivity contribution is 0.0979. The molecule has 0 aliphatic carbocycles. The van der Waals surface area contributed by atoms with Gasteiger partial charge < -0.3 is 10.4 Å². The minimum Gasteiger partial charge on any atom is -0.387 e. The average molecular weight is 348 g/mol. The first kappa shape index (κ1) is 15.9. The first-order valence-electron chi connectivity index (χ1n) is 6.89. The second kappa shape index (κ2) is 8.08. The van der Waals surface area contributed by atoms with Crippen molar-refractivity contribution in [2.24, 2.45) is 0 Å². The molecule has 0 bridgehead atoms. The molecule has 0 aromatic heterocycles. The van der Waals surface area contributed by atoms with Gasteiger partial charge in [-0.3, -0.25) is 4.79 Å². The fourth-order valence-electron chi connectivity index (χ4n) is 2.01. The number of benzene rings is 2. The van der Waals surface area contributed by atoms with Gasteiger partial charge in [0.1, 0.15) is 0 Å². The molecular formula is C17H18BrNO2. The maximum atomic E-state index is 12.0. The number of ketones is 1. The van der Waals surface area contributed by atoms with Crippen LogP contribution in [0.3, 0.4) is 0 Å². The van der Waals surface area contributed by atoms with Crippen LogP contribution in [0.4, 0.5) is 0 Å². The van der Waals surface area contributed by atoms with E-state index in [2.05, 4.69) is 21.2 Å². The van der Waals surface area contributed by atoms with Gasteiger partial charge in [-0.1, -0.05) is 58.4 Å². The SMILES string of the molecule is O=C(CCNCC(O)c1ccccc1)c1ccc(Br)cc1. The summed E-state index contributed by atoms with van der Waals surface area (Å²) in [7, 11) is 0. The summed E-state index contributed by atoms with van der Waals surface area (Å²) >= 11 is 3.35. The van der Waals surface area contributed by atoms with Crippen LogP contribution in [0.2, 0.25) is 0 Å². The van der Waals surface area contributed by atoms with Gasteiger partial charge in [0.05, 0.1) is 6.10 Å². The Kier molecular flexibility index (Phi) is 6.11. The summed E-state index contributed by atoms with van der Waals surface area (Å²) in [6.45, 7) is 0.996. The summed E-state index contributed by atoms with van der Waals surface area (Å²) in [5.74, 6) is 0.101. The maximum absolute atomic E-state index is 12.0. The Morgan fingerprint density at radius 2 is 1.76 bits per heavy atom. The standard InChI is InChI=1S/C17H18BrNO2/c18-15-8-6-14(7-9-15)16(20)10-11-19-12-17(21)13-4-2-1-3-5-13/h1-9,17,19,21H,10-12H2. The Morgan fingerprint density at radius 3 is 2.43 bits per heavy atom. The first-order chi connectivity index (χ1) is 10.2. The zero-order valence-corrected chi connectivity index (χ0v) is 13.2. The second-order valence-corrected chi connectivity index (χ2v) is 5.73. The lowest BCUT2D eigenvalue weighted by Gasteiger charge is -2.11. The van der Waals surface area contributed by atoms with Crippen LogP contribution in [0, 0.1) is 0 Å². The van der Waals surface area contributed by atoms with Crippen LogP contribution in [-0.4, -0.2) is 24.0 Å². The highest BCUT2D eigenvalue weighted by atomic mass is 79.9. The summed E-state index contributed by atoms with van der Waals surface area (Å²) in [6, 6.07) is 16.8. The monoisotopic (exact) mass is 347 g/mol. The topological polar surface area (TPSA) is 49.3 Å². The Labute approximate surface area is 133 Å². The van der Waals surface area contributed by atoms with Crippen LogP contribution in [0.25, 0.3) is 0 Å². The van der Waals surface area contributed by atoms with E-state index in [-0.39, 0.29) is 5.78 Å². The van der Waals surface area contributed by atoms with Crippen molar-refractivity contribution < 1.29 is 9.90 Å². The molecule has 0 spiro atoms. The van der Waals surface area contributed by atoms with E-state index in [0.29, 0.717) is 25.1 Å². The Bertz CT molecular complexity index is 569. The lowest BCUT2D eigenvalue weighted by atomic mass is 10.1. The van der Waals surface area contributed by atoms with Crippen molar-refractivity contribution in [1.82, 2.24) is 5.32 Å². The molecule has 0 heterocycles. The van der Waals surface area contributed by atoms with Crippen LogP contribution in [0.15, 0.2) is 59.1 Å². The van der Waals surface area contributed by atoms with Gasteiger partial charge in [0.15, 0.2) is 5.78 Å². The van der Waals surface area contributed by atoms with Gasteiger partial charge in [-0.2, -0.15) is 0 Å². The van der Waals surface area contributed by atoms with Crippen LogP contribution < -0.4 is 5.32 Å². The summed E-state index contributed by atoms with van der Waals surface area (Å²) in [5, 5.41) is 13.1. The third-order valence-electron chi connectivity index (χ3n) is 3.22. The number of carbonyl (C=O) groups excluding carboxylic acids is 1. The van der Waals surface area contributed by atoms with Gasteiger partial charge in [-0.15, -0.1) is 0 Å². The number of aliphatic hydroxyl groups is 1. The van der Waals surface area contributed by atoms with E-state index >= 15 is 0 Å². The van der Waals surface area contributed by atoms with Gasteiger partial charge in [0.2, 0.25) is 0 Å². The molecule has 0 aliphatic rings. The molecule has 3 nitrogen and oxygen atoms in total. The zero-order valence-electron chi connectivity index (χ0n) is 11.6. The van der Waals surface area contributed by atoms with E-state index in [4.69, 9.17) is 0 Å². The van der Waals surface area contributed by atoms with Gasteiger partial charge >= 0.3 is 0 Å². The number of hydrogen-bond donors (Lipinski definition) is 2. The number of nitrogens with one attached hydrogen (secondary N) is 1. The predicted octanol–water partition coefficient (Wildman–Crippen LogP) is 3.35. The molecule has 0 saturated carbocycles. The van der Waals surface area contributed by atoms with Crippen LogP contribution in [0.5, 0.6) is 0 Å². The van der Waals surface area contributed by atoms with Crippen molar-refractivity contribution >= 4 is 21.7 Å². The third-order valence-corrected chi connectivity index (χ3v) is 3.75. The predicted molar refractivity (Wildman–Crippen MR) is 87.4 cm³/mol. The molecule has 2 N–H and O–H groups in total. The molecular weight excluding hydrogens is 330 g/mol. The highest BCUT2D eigenvalue weighted by Crippen LogP contribution is 2.12. The van der Waals surface area contributed by atoms with Crippen LogP contribution >= 0.6 is 15.9 Å². The number of aliphatic hydroxyl groups excluding tert-OH is 1. The van der Waals surface area contributed by atoms with Crippen molar-refractivity contribution in [3.8, 4) is 0 Å². The molecule has 2 aromatic rings. The van der Waals surface area contributed by atoms with Crippen LogP contribution in [0.1, 0.15) is 28.4 Å². The van der Waals surface area contributed by atoms with Crippen molar-refractivity contribution in [2.45, 2.75) is 12.5 Å². The molecule has 110 valence electrons. The molecule has 0 amide bonds. The van der Waals surface area contributed by atoms with E-state index < -0.39 is 6.10 Å².